The molecule has 1 aliphatic carbocycles. The zero-order valence-electron chi connectivity index (χ0n) is 12.3. The standard InChI is InChI=1S/C15H28B3/c1-15(18-17)12-8-5-3-2-4-6-10-14(16)11-7-9-13-15/h14H,2-13H2,1H3. The van der Waals surface area contributed by atoms with E-state index in [9.17, 15) is 0 Å². The van der Waals surface area contributed by atoms with Gasteiger partial charge in [0.2, 0.25) is 0 Å². The topological polar surface area (TPSA) is 0 Å². The summed E-state index contributed by atoms with van der Waals surface area (Å²) >= 11 is 0. The highest BCUT2D eigenvalue weighted by molar-refractivity contribution is 6.91. The molecule has 0 aromatic rings. The molecule has 0 amide bonds. The van der Waals surface area contributed by atoms with Crippen LogP contribution in [0.15, 0.2) is 0 Å². The fourth-order valence-corrected chi connectivity index (χ4v) is 3.01. The highest BCUT2D eigenvalue weighted by Gasteiger charge is 2.20. The second-order valence-electron chi connectivity index (χ2n) is 6.49. The largest absolute Gasteiger partial charge is 0.0774 e. The summed E-state index contributed by atoms with van der Waals surface area (Å²) in [7, 11) is 13.9. The predicted octanol–water partition coefficient (Wildman–Crippen LogP) is 4.60. The maximum Gasteiger partial charge on any atom is 0.0699 e. The maximum atomic E-state index is 6.15. The normalized spacial score (nSPS) is 33.5. The molecule has 3 heteroatoms. The van der Waals surface area contributed by atoms with Gasteiger partial charge in [0.25, 0.3) is 0 Å². The fourth-order valence-electron chi connectivity index (χ4n) is 3.01. The lowest BCUT2D eigenvalue weighted by Crippen LogP contribution is -2.17. The molecule has 1 aliphatic rings. The van der Waals surface area contributed by atoms with Crippen LogP contribution in [0, 0.1) is 0 Å². The zero-order chi connectivity index (χ0) is 13.3. The molecule has 1 rings (SSSR count). The summed E-state index contributed by atoms with van der Waals surface area (Å²) in [6.45, 7) is 2.32. The Morgan fingerprint density at radius 2 is 1.28 bits per heavy atom. The molecule has 0 bridgehead atoms. The van der Waals surface area contributed by atoms with Gasteiger partial charge in [0, 0.05) is 7.74 Å². The number of hydrogen-bond donors (Lipinski definition) is 0. The van der Waals surface area contributed by atoms with Crippen molar-refractivity contribution in [3.63, 3.8) is 0 Å². The molecule has 18 heavy (non-hydrogen) atoms. The second kappa shape index (κ2) is 9.15. The molecular formula is C15H28B3. The summed E-state index contributed by atoms with van der Waals surface area (Å²) in [5.41, 5.74) is 0. The van der Waals surface area contributed by atoms with Crippen molar-refractivity contribution in [3.8, 4) is 0 Å². The van der Waals surface area contributed by atoms with Crippen LogP contribution in [-0.4, -0.2) is 22.8 Å². The van der Waals surface area contributed by atoms with Crippen LogP contribution in [0.5, 0.6) is 0 Å². The molecule has 0 spiro atoms. The van der Waals surface area contributed by atoms with Gasteiger partial charge in [0.05, 0.1) is 15.0 Å². The summed E-state index contributed by atoms with van der Waals surface area (Å²) in [6.07, 6.45) is 15.6. The third-order valence-corrected chi connectivity index (χ3v) is 4.55. The van der Waals surface area contributed by atoms with Crippen molar-refractivity contribution in [2.75, 3.05) is 0 Å². The first-order valence-corrected chi connectivity index (χ1v) is 7.98. The van der Waals surface area contributed by atoms with Gasteiger partial charge in [-0.3, -0.25) is 0 Å². The summed E-state index contributed by atoms with van der Waals surface area (Å²) in [4.78, 5) is 0. The summed E-state index contributed by atoms with van der Waals surface area (Å²) in [5, 5.41) is 0.258. The maximum absolute atomic E-state index is 6.15. The molecule has 97 valence electrons. The van der Waals surface area contributed by atoms with Crippen LogP contribution in [0.1, 0.15) is 84.0 Å². The average Bonchev–Trinajstić information content (AvgIpc) is 2.37. The molecule has 0 aromatic heterocycles. The second-order valence-corrected chi connectivity index (χ2v) is 6.49. The van der Waals surface area contributed by atoms with Gasteiger partial charge >= 0.3 is 0 Å². The Bertz CT molecular complexity index is 208. The van der Waals surface area contributed by atoms with Gasteiger partial charge in [0.15, 0.2) is 0 Å². The lowest BCUT2D eigenvalue weighted by atomic mass is 9.37. The van der Waals surface area contributed by atoms with Gasteiger partial charge in [0.1, 0.15) is 0 Å². The highest BCUT2D eigenvalue weighted by Crippen LogP contribution is 2.37. The van der Waals surface area contributed by atoms with E-state index in [-0.39, 0.29) is 5.31 Å². The lowest BCUT2D eigenvalue weighted by Gasteiger charge is -2.29. The molecule has 0 aromatic carbocycles. The molecule has 0 N–H and O–H groups in total. The van der Waals surface area contributed by atoms with Crippen LogP contribution in [-0.2, 0) is 0 Å². The Hall–Kier alpha value is 0.195. The zero-order valence-corrected chi connectivity index (χ0v) is 12.3. The first-order valence-electron chi connectivity index (χ1n) is 7.98. The van der Waals surface area contributed by atoms with Crippen LogP contribution in [0.4, 0.5) is 0 Å². The van der Waals surface area contributed by atoms with Crippen LogP contribution in [0.3, 0.4) is 0 Å². The van der Waals surface area contributed by atoms with E-state index in [1.54, 1.807) is 0 Å². The minimum absolute atomic E-state index is 0.258. The SMILES string of the molecule is [B][B]C1(C)CCCCCCCCC([B])CCCC1. The minimum Gasteiger partial charge on any atom is -0.0774 e. The predicted molar refractivity (Wildman–Crippen MR) is 84.8 cm³/mol. The third-order valence-electron chi connectivity index (χ3n) is 4.55. The molecule has 0 nitrogen and oxygen atoms in total. The van der Waals surface area contributed by atoms with Crippen LogP contribution in [0.2, 0.25) is 11.1 Å². The molecule has 0 saturated heterocycles. The van der Waals surface area contributed by atoms with Crippen molar-refractivity contribution < 1.29 is 0 Å². The first-order chi connectivity index (χ1) is 8.66. The summed E-state index contributed by atoms with van der Waals surface area (Å²) < 4.78 is 0. The number of rotatable bonds is 1. The molecule has 1 fully saturated rings. The van der Waals surface area contributed by atoms with E-state index in [2.05, 4.69) is 6.92 Å². The summed E-state index contributed by atoms with van der Waals surface area (Å²) in [5.74, 6) is 0.432. The quantitative estimate of drug-likeness (QED) is 0.588. The van der Waals surface area contributed by atoms with Gasteiger partial charge in [-0.1, -0.05) is 95.1 Å². The smallest absolute Gasteiger partial charge is 0.0699 e. The molecule has 0 aliphatic heterocycles. The van der Waals surface area contributed by atoms with E-state index >= 15 is 0 Å². The lowest BCUT2D eigenvalue weighted by molar-refractivity contribution is 0.438. The van der Waals surface area contributed by atoms with Crippen molar-refractivity contribution in [1.29, 1.82) is 0 Å². The molecule has 2 atom stereocenters. The molecule has 1 saturated carbocycles. The van der Waals surface area contributed by atoms with Crippen molar-refractivity contribution in [2.24, 2.45) is 0 Å². The molecule has 5 radical (unpaired) electrons. The fraction of sp³-hybridized carbons (Fsp3) is 1.00. The van der Waals surface area contributed by atoms with Gasteiger partial charge < -0.3 is 0 Å². The first kappa shape index (κ1) is 16.2. The number of hydrogen-bond acceptors (Lipinski definition) is 0. The van der Waals surface area contributed by atoms with Crippen LogP contribution in [0.25, 0.3) is 0 Å². The minimum atomic E-state index is 0.258. The van der Waals surface area contributed by atoms with Gasteiger partial charge in [-0.25, -0.2) is 0 Å². The van der Waals surface area contributed by atoms with Crippen LogP contribution < -0.4 is 0 Å². The molecular weight excluding hydrogens is 213 g/mol. The van der Waals surface area contributed by atoms with Gasteiger partial charge in [-0.05, 0) is 0 Å². The van der Waals surface area contributed by atoms with E-state index in [4.69, 9.17) is 15.6 Å². The molecule has 0 heterocycles. The van der Waals surface area contributed by atoms with E-state index in [1.807, 2.05) is 7.17 Å². The average molecular weight is 241 g/mol. The van der Waals surface area contributed by atoms with E-state index < -0.39 is 0 Å². The van der Waals surface area contributed by atoms with Crippen molar-refractivity contribution >= 4 is 22.8 Å². The van der Waals surface area contributed by atoms with Crippen molar-refractivity contribution in [3.05, 3.63) is 0 Å². The van der Waals surface area contributed by atoms with E-state index in [0.717, 1.165) is 0 Å². The van der Waals surface area contributed by atoms with E-state index in [0.29, 0.717) is 5.82 Å². The van der Waals surface area contributed by atoms with Crippen molar-refractivity contribution in [1.82, 2.24) is 0 Å². The third kappa shape index (κ3) is 6.95. The van der Waals surface area contributed by atoms with E-state index in [1.165, 1.54) is 77.0 Å². The van der Waals surface area contributed by atoms with Crippen molar-refractivity contribution in [2.45, 2.75) is 95.1 Å². The van der Waals surface area contributed by atoms with Crippen LogP contribution >= 0.6 is 0 Å². The Kier molecular flexibility index (Phi) is 8.26. The molecule has 2 unspecified atom stereocenters. The van der Waals surface area contributed by atoms with Gasteiger partial charge in [-0.2, -0.15) is 0 Å². The van der Waals surface area contributed by atoms with Gasteiger partial charge in [-0.15, -0.1) is 0 Å². The highest BCUT2D eigenvalue weighted by atomic mass is 14.2. The Balaban J connectivity index is 2.37. The Morgan fingerprint density at radius 3 is 1.89 bits per heavy atom. The Morgan fingerprint density at radius 1 is 0.833 bits per heavy atom. The Labute approximate surface area is 118 Å². The summed E-state index contributed by atoms with van der Waals surface area (Å²) in [6, 6.07) is 0. The monoisotopic (exact) mass is 241 g/mol.